The van der Waals surface area contributed by atoms with Crippen molar-refractivity contribution in [2.75, 3.05) is 0 Å². The molecule has 0 amide bonds. The Labute approximate surface area is 220 Å². The molecule has 0 atom stereocenters. The lowest BCUT2D eigenvalue weighted by Gasteiger charge is -2.05. The van der Waals surface area contributed by atoms with Crippen LogP contribution in [0.2, 0.25) is 0 Å². The average molecular weight is 498 g/mol. The summed E-state index contributed by atoms with van der Waals surface area (Å²) in [5.41, 5.74) is 13.9. The Morgan fingerprint density at radius 1 is 0.865 bits per heavy atom. The van der Waals surface area contributed by atoms with E-state index in [9.17, 15) is 0 Å². The number of unbranched alkanes of at least 4 members (excludes halogenated alkanes) is 5. The van der Waals surface area contributed by atoms with Crippen LogP contribution in [0.3, 0.4) is 0 Å². The van der Waals surface area contributed by atoms with Crippen LogP contribution in [0.15, 0.2) is 77.3 Å². The van der Waals surface area contributed by atoms with E-state index in [-0.39, 0.29) is 5.84 Å². The van der Waals surface area contributed by atoms with Crippen molar-refractivity contribution in [3.8, 4) is 22.3 Å². The molecule has 7 nitrogen and oxygen atoms in total. The third-order valence-electron chi connectivity index (χ3n) is 6.30. The van der Waals surface area contributed by atoms with Crippen LogP contribution in [0.25, 0.3) is 27.9 Å². The molecular weight excluding hydrogens is 458 g/mol. The summed E-state index contributed by atoms with van der Waals surface area (Å²) in [6.07, 6.45) is 16.3. The summed E-state index contributed by atoms with van der Waals surface area (Å²) in [6, 6.07) is 16.1. The first-order valence-corrected chi connectivity index (χ1v) is 13.3. The van der Waals surface area contributed by atoms with Crippen LogP contribution >= 0.6 is 0 Å². The fourth-order valence-electron chi connectivity index (χ4n) is 4.23. The van der Waals surface area contributed by atoms with E-state index in [1.165, 1.54) is 44.1 Å². The van der Waals surface area contributed by atoms with E-state index >= 15 is 0 Å². The quantitative estimate of drug-likeness (QED) is 0.0578. The molecule has 0 aliphatic carbocycles. The van der Waals surface area contributed by atoms with Crippen LogP contribution in [0.5, 0.6) is 0 Å². The van der Waals surface area contributed by atoms with Gasteiger partial charge in [0.05, 0.1) is 6.20 Å². The molecule has 3 N–H and O–H groups in total. The summed E-state index contributed by atoms with van der Waals surface area (Å²) in [5, 5.41) is 11.4. The predicted molar refractivity (Wildman–Crippen MR) is 153 cm³/mol. The molecule has 2 heterocycles. The minimum atomic E-state index is 0.171. The van der Waals surface area contributed by atoms with Crippen LogP contribution in [-0.2, 0) is 6.42 Å². The van der Waals surface area contributed by atoms with Crippen molar-refractivity contribution in [2.24, 2.45) is 16.1 Å². The second kappa shape index (κ2) is 14.6. The molecule has 0 saturated heterocycles. The number of nitrogens with two attached hydrogens (primary N) is 1. The third kappa shape index (κ3) is 7.56. The number of amidine groups is 1. The van der Waals surface area contributed by atoms with Crippen LogP contribution in [-0.4, -0.2) is 20.4 Å². The van der Waals surface area contributed by atoms with Crippen molar-refractivity contribution < 1.29 is 0 Å². The van der Waals surface area contributed by atoms with Crippen LogP contribution in [0, 0.1) is 5.53 Å². The predicted octanol–water partition coefficient (Wildman–Crippen LogP) is 8.03. The Morgan fingerprint density at radius 2 is 1.59 bits per heavy atom. The van der Waals surface area contributed by atoms with Gasteiger partial charge >= 0.3 is 0 Å². The van der Waals surface area contributed by atoms with Gasteiger partial charge in [-0.3, -0.25) is 0 Å². The molecule has 4 rings (SSSR count). The fraction of sp³-hybridized carbons (Fsp3) is 0.367. The molecule has 2 aromatic heterocycles. The van der Waals surface area contributed by atoms with Crippen molar-refractivity contribution in [1.29, 1.82) is 5.53 Å². The van der Waals surface area contributed by atoms with Gasteiger partial charge in [0, 0.05) is 29.1 Å². The maximum Gasteiger partial charge on any atom is 0.199 e. The van der Waals surface area contributed by atoms with Crippen LogP contribution < -0.4 is 5.84 Å². The number of hydrogen-bond donors (Lipinski definition) is 2. The monoisotopic (exact) mass is 497 g/mol. The molecular formula is C30H39N7. The molecule has 0 saturated carbocycles. The van der Waals surface area contributed by atoms with Gasteiger partial charge in [0.25, 0.3) is 0 Å². The Morgan fingerprint density at radius 3 is 2.22 bits per heavy atom. The number of benzene rings is 2. The summed E-state index contributed by atoms with van der Waals surface area (Å²) in [5.74, 6) is 5.49. The Bertz CT molecular complexity index is 1280. The molecule has 0 unspecified atom stereocenters. The molecule has 0 bridgehead atoms. The second-order valence-electron chi connectivity index (χ2n) is 9.18. The highest BCUT2D eigenvalue weighted by Crippen LogP contribution is 2.27. The first-order chi connectivity index (χ1) is 18.1. The zero-order chi connectivity index (χ0) is 26.5. The molecule has 194 valence electrons. The van der Waals surface area contributed by atoms with E-state index in [1.54, 1.807) is 10.7 Å². The molecule has 37 heavy (non-hydrogen) atoms. The summed E-state index contributed by atoms with van der Waals surface area (Å²) in [7, 11) is 0. The Kier molecular flexibility index (Phi) is 11.0. The molecule has 7 heteroatoms. The Balaban J connectivity index is 0.000000414. The topological polar surface area (TPSA) is 105 Å². The first-order valence-electron chi connectivity index (χ1n) is 13.3. The van der Waals surface area contributed by atoms with E-state index in [4.69, 9.17) is 11.4 Å². The van der Waals surface area contributed by atoms with Crippen molar-refractivity contribution in [2.45, 2.75) is 72.1 Å². The van der Waals surface area contributed by atoms with Crippen molar-refractivity contribution in [1.82, 2.24) is 14.6 Å². The number of nitrogens with zero attached hydrogens (tertiary/aromatic N) is 5. The average Bonchev–Trinajstić information content (AvgIpc) is 3.36. The fourth-order valence-corrected chi connectivity index (χ4v) is 4.23. The highest BCUT2D eigenvalue weighted by molar-refractivity contribution is 6.00. The van der Waals surface area contributed by atoms with E-state index in [1.807, 2.05) is 36.7 Å². The SMILES string of the molecule is CCCCCCCC.CCCc1ccc(-c2cnc3c(-c4cccc(/C(N=N)=N/N)c4)cnn3c2)cc1. The summed E-state index contributed by atoms with van der Waals surface area (Å²) in [4.78, 5) is 4.65. The first kappa shape index (κ1) is 27.7. The molecule has 4 aromatic rings. The lowest BCUT2D eigenvalue weighted by molar-refractivity contribution is 0.624. The highest BCUT2D eigenvalue weighted by Gasteiger charge is 2.11. The minimum absolute atomic E-state index is 0.171. The number of fused-ring (bicyclic) bond motifs is 1. The number of hydrazone groups is 1. The second-order valence-corrected chi connectivity index (χ2v) is 9.18. The van der Waals surface area contributed by atoms with Crippen molar-refractivity contribution in [3.63, 3.8) is 0 Å². The van der Waals surface area contributed by atoms with Crippen LogP contribution in [0.4, 0.5) is 0 Å². The normalized spacial score (nSPS) is 11.3. The zero-order valence-electron chi connectivity index (χ0n) is 22.3. The van der Waals surface area contributed by atoms with Gasteiger partial charge in [0.1, 0.15) is 0 Å². The van der Waals surface area contributed by atoms with E-state index < -0.39 is 0 Å². The van der Waals surface area contributed by atoms with E-state index in [2.05, 4.69) is 65.3 Å². The van der Waals surface area contributed by atoms with Gasteiger partial charge in [-0.2, -0.15) is 10.2 Å². The smallest absolute Gasteiger partial charge is 0.199 e. The largest absolute Gasteiger partial charge is 0.321 e. The molecule has 0 fully saturated rings. The van der Waals surface area contributed by atoms with Crippen molar-refractivity contribution in [3.05, 3.63) is 78.2 Å². The number of aromatic nitrogens is 3. The van der Waals surface area contributed by atoms with E-state index in [0.717, 1.165) is 40.7 Å². The number of rotatable bonds is 10. The molecule has 0 aliphatic heterocycles. The minimum Gasteiger partial charge on any atom is -0.321 e. The van der Waals surface area contributed by atoms with Gasteiger partial charge in [0.2, 0.25) is 0 Å². The van der Waals surface area contributed by atoms with Crippen LogP contribution in [0.1, 0.15) is 76.8 Å². The van der Waals surface area contributed by atoms with E-state index in [0.29, 0.717) is 5.56 Å². The lowest BCUT2D eigenvalue weighted by atomic mass is 10.0. The molecule has 0 spiro atoms. The molecule has 0 radical (unpaired) electrons. The lowest BCUT2D eigenvalue weighted by Crippen LogP contribution is -2.00. The summed E-state index contributed by atoms with van der Waals surface area (Å²) >= 11 is 0. The maximum atomic E-state index is 7.20. The highest BCUT2D eigenvalue weighted by atomic mass is 15.2. The summed E-state index contributed by atoms with van der Waals surface area (Å²) < 4.78 is 1.78. The number of nitrogens with one attached hydrogen (secondary N) is 1. The van der Waals surface area contributed by atoms with Gasteiger partial charge in [0.15, 0.2) is 11.5 Å². The molecule has 2 aromatic carbocycles. The van der Waals surface area contributed by atoms with Gasteiger partial charge < -0.3 is 5.84 Å². The number of hydrogen-bond acceptors (Lipinski definition) is 5. The zero-order valence-corrected chi connectivity index (χ0v) is 22.3. The van der Waals surface area contributed by atoms with Gasteiger partial charge in [-0.15, -0.1) is 5.11 Å². The van der Waals surface area contributed by atoms with Gasteiger partial charge in [-0.25, -0.2) is 15.0 Å². The standard InChI is InChI=1S/C22H21N7.C8H18/c1-2-4-15-7-9-16(10-8-15)19-12-25-22-20(13-26-29(22)14-19)17-5-3-6-18(11-17)21(27-23)28-24;1-3-5-7-8-6-4-2/h3,5-14,23H,2,4,24H2,1H3;3-8H2,1-2H3/b27-23?,28-21-;. The summed E-state index contributed by atoms with van der Waals surface area (Å²) in [6.45, 7) is 6.69. The van der Waals surface area contributed by atoms with Gasteiger partial charge in [-0.1, -0.05) is 108 Å². The van der Waals surface area contributed by atoms with Crippen molar-refractivity contribution >= 4 is 11.5 Å². The maximum absolute atomic E-state index is 7.20. The van der Waals surface area contributed by atoms with Gasteiger partial charge in [-0.05, 0) is 29.2 Å². The third-order valence-corrected chi connectivity index (χ3v) is 6.30. The Hall–Kier alpha value is -3.87. The number of aryl methyl sites for hydroxylation is 1. The molecule has 0 aliphatic rings.